The molecule has 0 atom stereocenters. The Labute approximate surface area is 641 Å². The number of nitrogens with zero attached hydrogens (tertiary/aromatic N) is 13. The summed E-state index contributed by atoms with van der Waals surface area (Å²) in [6.45, 7) is 29.0. The first-order valence-corrected chi connectivity index (χ1v) is 40.1. The van der Waals surface area contributed by atoms with Crippen LogP contribution in [0.15, 0.2) is 130 Å². The lowest BCUT2D eigenvalue weighted by Gasteiger charge is -2.25. The first kappa shape index (κ1) is 92.9. The van der Waals surface area contributed by atoms with Gasteiger partial charge in [0.1, 0.15) is 31.4 Å². The van der Waals surface area contributed by atoms with Crippen molar-refractivity contribution in [3.63, 3.8) is 0 Å². The van der Waals surface area contributed by atoms with Crippen molar-refractivity contribution in [2.24, 2.45) is 15.3 Å². The molecule has 2 aliphatic rings. The van der Waals surface area contributed by atoms with Gasteiger partial charge in [0.15, 0.2) is 17.5 Å². The van der Waals surface area contributed by atoms with Gasteiger partial charge in [0.2, 0.25) is 0 Å². The number of nitrogens with one attached hydrogen (secondary N) is 5. The number of anilines is 3. The highest BCUT2D eigenvalue weighted by atomic mass is 16.1. The van der Waals surface area contributed by atoms with Gasteiger partial charge in [-0.3, -0.25) is 30.9 Å². The van der Waals surface area contributed by atoms with E-state index in [-0.39, 0.29) is 0 Å². The largest absolute Gasteiger partial charge is 0.316 e. The number of hydrazone groups is 3. The van der Waals surface area contributed by atoms with E-state index in [9.17, 15) is 24.0 Å². The van der Waals surface area contributed by atoms with E-state index in [2.05, 4.69) is 146 Å². The quantitative estimate of drug-likeness (QED) is 0.0103. The van der Waals surface area contributed by atoms with E-state index in [0.29, 0.717) is 43.1 Å². The molecule has 8 rings (SSSR count). The number of fused-ring (bicyclic) bond motifs is 3. The van der Waals surface area contributed by atoms with Crippen molar-refractivity contribution in [2.45, 2.75) is 208 Å². The molecule has 107 heavy (non-hydrogen) atoms. The third kappa shape index (κ3) is 45.2. The van der Waals surface area contributed by atoms with Crippen molar-refractivity contribution in [1.29, 1.82) is 0 Å². The zero-order chi connectivity index (χ0) is 76.9. The first-order valence-electron chi connectivity index (χ1n) is 40.1. The molecule has 0 spiro atoms. The SMILES string of the molecule is CCCCCN(CCC=O)CC/C=N/Nc1nncc2ccccc12.CCCCCN(CCC=O)CCC=O.CCCCCN1CCC=C(/C=N/Nc2nncc3ccccc23)C1.CCCCCN1CCC=C(C=O)C1.CCCCCNCC/C=N/Nc1nncc2ccccc12.CCCCCNCCC=O. The van der Waals surface area contributed by atoms with Gasteiger partial charge in [0.05, 0.1) is 24.8 Å². The number of aldehydes is 5. The van der Waals surface area contributed by atoms with Gasteiger partial charge in [-0.25, -0.2) is 0 Å². The van der Waals surface area contributed by atoms with Crippen LogP contribution in [0.25, 0.3) is 32.3 Å². The zero-order valence-electron chi connectivity index (χ0n) is 66.0. The highest BCUT2D eigenvalue weighted by Crippen LogP contribution is 2.22. The lowest BCUT2D eigenvalue weighted by molar-refractivity contribution is -0.109. The van der Waals surface area contributed by atoms with E-state index in [0.717, 1.165) is 200 Å². The van der Waals surface area contributed by atoms with Gasteiger partial charge >= 0.3 is 0 Å². The maximum Gasteiger partial charge on any atom is 0.176 e. The highest BCUT2D eigenvalue weighted by molar-refractivity contribution is 5.93. The topological polar surface area (TPSA) is 273 Å². The molecule has 0 saturated heterocycles. The van der Waals surface area contributed by atoms with Crippen molar-refractivity contribution < 1.29 is 24.0 Å². The number of carbonyl (C=O) groups excluding carboxylic acids is 5. The van der Waals surface area contributed by atoms with E-state index < -0.39 is 0 Å². The van der Waals surface area contributed by atoms with Gasteiger partial charge in [0.25, 0.3) is 0 Å². The molecule has 0 fully saturated rings. The molecule has 0 radical (unpaired) electrons. The van der Waals surface area contributed by atoms with Gasteiger partial charge in [-0.15, -0.1) is 15.3 Å². The predicted octanol–water partition coefficient (Wildman–Crippen LogP) is 15.6. The van der Waals surface area contributed by atoms with Gasteiger partial charge < -0.3 is 39.6 Å². The van der Waals surface area contributed by atoms with Crippen LogP contribution < -0.4 is 26.9 Å². The van der Waals surface area contributed by atoms with Crippen LogP contribution in [0.5, 0.6) is 0 Å². The fourth-order valence-corrected chi connectivity index (χ4v) is 11.6. The van der Waals surface area contributed by atoms with Crippen LogP contribution in [0.4, 0.5) is 17.5 Å². The minimum atomic E-state index is 0.574. The van der Waals surface area contributed by atoms with Crippen LogP contribution in [0, 0.1) is 0 Å². The summed E-state index contributed by atoms with van der Waals surface area (Å²) in [4.78, 5) is 60.8. The molecule has 5 N–H and O–H groups in total. The third-order valence-corrected chi connectivity index (χ3v) is 17.7. The Hall–Kier alpha value is -8.32. The molecule has 3 aromatic carbocycles. The average molecular weight is 1470 g/mol. The van der Waals surface area contributed by atoms with Gasteiger partial charge in [-0.05, 0) is 109 Å². The summed E-state index contributed by atoms with van der Waals surface area (Å²) in [5.41, 5.74) is 11.2. The molecular weight excluding hydrogens is 1340 g/mol. The summed E-state index contributed by atoms with van der Waals surface area (Å²) in [6.07, 6.45) is 48.8. The molecule has 0 saturated carbocycles. The minimum Gasteiger partial charge on any atom is -0.316 e. The van der Waals surface area contributed by atoms with Crippen LogP contribution in [0.3, 0.4) is 0 Å². The number of hydrogen-bond acceptors (Lipinski definition) is 23. The summed E-state index contributed by atoms with van der Waals surface area (Å²) < 4.78 is 0. The number of unbranched alkanes of at least 4 members (excludes halogenated alkanes) is 12. The number of rotatable bonds is 50. The van der Waals surface area contributed by atoms with Crippen molar-refractivity contribution in [3.8, 4) is 0 Å². The Balaban J connectivity index is 0.000000343. The molecule has 0 aliphatic carbocycles. The van der Waals surface area contributed by atoms with Gasteiger partial charge in [-0.2, -0.15) is 30.6 Å². The van der Waals surface area contributed by atoms with Gasteiger partial charge in [-0.1, -0.05) is 204 Å². The smallest absolute Gasteiger partial charge is 0.176 e. The molecule has 588 valence electrons. The number of carbonyl (C=O) groups is 5. The second kappa shape index (κ2) is 65.9. The fourth-order valence-electron chi connectivity index (χ4n) is 11.6. The zero-order valence-corrected chi connectivity index (χ0v) is 66.0. The van der Waals surface area contributed by atoms with Crippen molar-refractivity contribution >= 4 is 99.8 Å². The second-order valence-electron chi connectivity index (χ2n) is 26.7. The Morgan fingerprint density at radius 3 is 1.18 bits per heavy atom. The molecule has 6 aromatic rings. The minimum absolute atomic E-state index is 0.574. The fraction of sp³-hybridized carbons (Fsp3) is 0.571. The third-order valence-electron chi connectivity index (χ3n) is 17.7. The van der Waals surface area contributed by atoms with Gasteiger partial charge in [0, 0.05) is 141 Å². The Kier molecular flexibility index (Phi) is 57.2. The van der Waals surface area contributed by atoms with Crippen molar-refractivity contribution in [3.05, 3.63) is 115 Å². The molecule has 3 aromatic heterocycles. The van der Waals surface area contributed by atoms with E-state index in [4.69, 9.17) is 0 Å². The van der Waals surface area contributed by atoms with Crippen LogP contribution in [-0.4, -0.2) is 205 Å². The number of aromatic nitrogens is 6. The van der Waals surface area contributed by atoms with Crippen molar-refractivity contribution in [2.75, 3.05) is 121 Å². The normalized spacial score (nSPS) is 12.9. The molecule has 0 amide bonds. The first-order chi connectivity index (χ1) is 52.8. The van der Waals surface area contributed by atoms with Crippen LogP contribution >= 0.6 is 0 Å². The number of hydrogen-bond donors (Lipinski definition) is 5. The number of benzene rings is 3. The Morgan fingerprint density at radius 1 is 0.393 bits per heavy atom. The summed E-state index contributed by atoms with van der Waals surface area (Å²) in [7, 11) is 0. The highest BCUT2D eigenvalue weighted by Gasteiger charge is 2.13. The average Bonchev–Trinajstić information content (AvgIpc) is 0.845. The summed E-state index contributed by atoms with van der Waals surface area (Å²) >= 11 is 0. The van der Waals surface area contributed by atoms with E-state index >= 15 is 0 Å². The monoisotopic (exact) mass is 1470 g/mol. The van der Waals surface area contributed by atoms with Crippen LogP contribution in [0.2, 0.25) is 0 Å². The molecule has 23 nitrogen and oxygen atoms in total. The molecular formula is C84H132N18O5. The maximum atomic E-state index is 10.6. The summed E-state index contributed by atoms with van der Waals surface area (Å²) in [5.74, 6) is 2.05. The standard InChI is InChI=1S/C19H27N5O.C19H25N5.C16H23N5.C11H21NO2.C11H19NO.C8H17NO/c1-2-3-6-12-24(14-8-15-25)13-7-11-20-22-19-18-10-5-4-9-17(18)16-21-23-19;1-2-3-6-11-24-12-7-8-16(15-24)13-20-22-19-18-10-5-4-9-17(18)14-21-23-19;1-2-3-6-10-17-11-7-12-18-20-16-15-9-5-4-8-14(15)13-19-21-16;1-2-3-4-7-12(8-5-10-13)9-6-11-14;1-2-3-4-7-12-8-5-6-11(9-12)10-13;1-2-3-4-6-9-7-5-8-10/h4-5,9-11,15-16H,2-3,6-8,12-14H2,1H3,(H,22,23);4-5,8-10,13-14H,2-3,6-7,11-12,15H2,1H3,(H,22,23);4-5,8-9,12-13,17H,2-3,6-7,10-11H2,1H3,(H,20,21);10-11H,2-9H2,1H3;6,10H,2-5,7-9H2,1H3;8-9H,2-7H2,1H3/b20-11+;20-13+;18-12+;;;. The second-order valence-corrected chi connectivity index (χ2v) is 26.7. The Bertz CT molecular complexity index is 3380. The van der Waals surface area contributed by atoms with Crippen molar-refractivity contribution in [1.82, 2.24) is 60.8 Å². The Morgan fingerprint density at radius 2 is 0.757 bits per heavy atom. The molecule has 0 bridgehead atoms. The lowest BCUT2D eigenvalue weighted by Crippen LogP contribution is -2.31. The predicted molar refractivity (Wildman–Crippen MR) is 447 cm³/mol. The summed E-state index contributed by atoms with van der Waals surface area (Å²) in [6, 6.07) is 24.0. The lowest BCUT2D eigenvalue weighted by atomic mass is 10.1. The van der Waals surface area contributed by atoms with E-state index in [1.807, 2.05) is 91.4 Å². The van der Waals surface area contributed by atoms with Crippen LogP contribution in [0.1, 0.15) is 208 Å². The van der Waals surface area contributed by atoms with Crippen LogP contribution in [-0.2, 0) is 24.0 Å². The maximum absolute atomic E-state index is 10.6. The molecule has 2 aliphatic heterocycles. The summed E-state index contributed by atoms with van der Waals surface area (Å²) in [5, 5.41) is 50.0. The molecule has 23 heteroatoms. The van der Waals surface area contributed by atoms with E-state index in [1.165, 1.54) is 121 Å². The molecule has 0 unspecified atom stereocenters. The molecule has 5 heterocycles. The van der Waals surface area contributed by atoms with E-state index in [1.54, 1.807) is 18.6 Å².